The molecule has 4 rings (SSSR count). The fourth-order valence-corrected chi connectivity index (χ4v) is 3.68. The van der Waals surface area contributed by atoms with Crippen LogP contribution in [-0.2, 0) is 19.5 Å². The monoisotopic (exact) mass is 369 g/mol. The van der Waals surface area contributed by atoms with Crippen LogP contribution in [0.5, 0.6) is 0 Å². The molecule has 0 aliphatic carbocycles. The minimum atomic E-state index is -0.230. The molecule has 6 heteroatoms. The van der Waals surface area contributed by atoms with Gasteiger partial charge in [-0.1, -0.05) is 41.9 Å². The molecule has 0 saturated heterocycles. The van der Waals surface area contributed by atoms with Gasteiger partial charge in [-0.2, -0.15) is 0 Å². The number of nitrogens with zero attached hydrogens (tertiary/aromatic N) is 1. The van der Waals surface area contributed by atoms with Crippen LogP contribution >= 0.6 is 11.6 Å². The number of benzene rings is 2. The van der Waals surface area contributed by atoms with Gasteiger partial charge in [-0.3, -0.25) is 0 Å². The van der Waals surface area contributed by atoms with Crippen LogP contribution in [0.25, 0.3) is 10.9 Å². The van der Waals surface area contributed by atoms with Gasteiger partial charge in [0.05, 0.1) is 19.2 Å². The van der Waals surface area contributed by atoms with E-state index in [1.165, 1.54) is 10.9 Å². The smallest absolute Gasteiger partial charge is 0.318 e. The first-order valence-corrected chi connectivity index (χ1v) is 9.01. The Bertz CT molecular complexity index is 936. The predicted molar refractivity (Wildman–Crippen MR) is 102 cm³/mol. The number of para-hydroxylation sites is 1. The van der Waals surface area contributed by atoms with Crippen LogP contribution in [0.2, 0.25) is 5.02 Å². The number of hydrogen-bond donors (Lipinski definition) is 3. The summed E-state index contributed by atoms with van der Waals surface area (Å²) in [6, 6.07) is 15.1. The van der Waals surface area contributed by atoms with E-state index in [2.05, 4.69) is 16.4 Å². The number of aromatic nitrogens is 1. The topological polar surface area (TPSA) is 68.4 Å². The number of rotatable bonds is 3. The lowest BCUT2D eigenvalue weighted by Crippen LogP contribution is -2.50. The Morgan fingerprint density at radius 2 is 2.00 bits per heavy atom. The van der Waals surface area contributed by atoms with Crippen molar-refractivity contribution < 1.29 is 9.90 Å². The third-order valence-corrected chi connectivity index (χ3v) is 5.19. The third-order valence-electron chi connectivity index (χ3n) is 4.94. The molecule has 1 aliphatic heterocycles. The molecular weight excluding hydrogens is 350 g/mol. The van der Waals surface area contributed by atoms with Gasteiger partial charge in [0.25, 0.3) is 0 Å². The first-order valence-electron chi connectivity index (χ1n) is 8.64. The highest BCUT2D eigenvalue weighted by molar-refractivity contribution is 6.30. The summed E-state index contributed by atoms with van der Waals surface area (Å²) >= 11 is 5.89. The van der Waals surface area contributed by atoms with E-state index in [1.807, 2.05) is 30.3 Å². The molecule has 134 valence electrons. The lowest BCUT2D eigenvalue weighted by Gasteiger charge is -2.34. The molecular formula is C20H20ClN3O2. The number of carbonyl (C=O) groups is 1. The van der Waals surface area contributed by atoms with E-state index >= 15 is 0 Å². The van der Waals surface area contributed by atoms with Gasteiger partial charge >= 0.3 is 6.03 Å². The van der Waals surface area contributed by atoms with Crippen LogP contribution in [0.3, 0.4) is 0 Å². The second kappa shape index (κ2) is 7.02. The van der Waals surface area contributed by atoms with Crippen LogP contribution < -0.4 is 5.32 Å². The second-order valence-electron chi connectivity index (χ2n) is 6.58. The summed E-state index contributed by atoms with van der Waals surface area (Å²) in [4.78, 5) is 17.8. The molecule has 0 bridgehead atoms. The number of urea groups is 1. The zero-order valence-electron chi connectivity index (χ0n) is 14.2. The summed E-state index contributed by atoms with van der Waals surface area (Å²) in [5.41, 5.74) is 4.28. The molecule has 5 nitrogen and oxygen atoms in total. The maximum atomic E-state index is 12.7. The number of hydrogen-bond acceptors (Lipinski definition) is 2. The molecule has 2 amide bonds. The van der Waals surface area contributed by atoms with Gasteiger partial charge in [0, 0.05) is 28.2 Å². The summed E-state index contributed by atoms with van der Waals surface area (Å²) < 4.78 is 0. The minimum Gasteiger partial charge on any atom is -0.394 e. The molecule has 0 radical (unpaired) electrons. The molecule has 1 atom stereocenters. The van der Waals surface area contributed by atoms with E-state index in [0.717, 1.165) is 16.8 Å². The van der Waals surface area contributed by atoms with Gasteiger partial charge < -0.3 is 20.3 Å². The summed E-state index contributed by atoms with van der Waals surface area (Å²) in [5.74, 6) is 0. The van der Waals surface area contributed by atoms with Crippen LogP contribution in [0.1, 0.15) is 16.8 Å². The molecule has 26 heavy (non-hydrogen) atoms. The highest BCUT2D eigenvalue weighted by Crippen LogP contribution is 2.30. The van der Waals surface area contributed by atoms with E-state index in [-0.39, 0.29) is 18.7 Å². The molecule has 0 saturated carbocycles. The van der Waals surface area contributed by atoms with Crippen LogP contribution in [0, 0.1) is 0 Å². The van der Waals surface area contributed by atoms with Crippen molar-refractivity contribution in [1.82, 2.24) is 15.2 Å². The Balaban J connectivity index is 1.52. The number of aliphatic hydroxyl groups excluding tert-OH is 1. The molecule has 1 unspecified atom stereocenters. The van der Waals surface area contributed by atoms with E-state index in [0.29, 0.717) is 24.5 Å². The number of aliphatic hydroxyl groups is 1. The van der Waals surface area contributed by atoms with Crippen molar-refractivity contribution in [2.45, 2.75) is 25.6 Å². The number of fused-ring (bicyclic) bond motifs is 3. The van der Waals surface area contributed by atoms with Crippen LogP contribution in [-0.4, -0.2) is 33.7 Å². The fraction of sp³-hybridized carbons (Fsp3) is 0.250. The summed E-state index contributed by atoms with van der Waals surface area (Å²) in [7, 11) is 0. The Morgan fingerprint density at radius 1 is 1.23 bits per heavy atom. The average molecular weight is 370 g/mol. The number of aromatic amines is 1. The van der Waals surface area contributed by atoms with Crippen molar-refractivity contribution in [3.05, 3.63) is 70.4 Å². The second-order valence-corrected chi connectivity index (χ2v) is 7.02. The van der Waals surface area contributed by atoms with Crippen molar-refractivity contribution in [2.75, 3.05) is 6.61 Å². The van der Waals surface area contributed by atoms with Crippen molar-refractivity contribution in [2.24, 2.45) is 0 Å². The van der Waals surface area contributed by atoms with E-state index in [1.54, 1.807) is 17.0 Å². The molecule has 0 spiro atoms. The number of halogens is 1. The van der Waals surface area contributed by atoms with Gasteiger partial charge in [0.15, 0.2) is 0 Å². The number of nitrogens with one attached hydrogen (secondary N) is 2. The molecule has 2 heterocycles. The van der Waals surface area contributed by atoms with E-state index in [4.69, 9.17) is 11.6 Å². The standard InChI is InChI=1S/C20H20ClN3O2/c21-14-7-5-13(6-8-14)10-22-20(26)24-11-19-17(9-15(24)12-25)16-3-1-2-4-18(16)23-19/h1-8,15,23,25H,9-12H2,(H,22,26). The lowest BCUT2D eigenvalue weighted by atomic mass is 9.97. The van der Waals surface area contributed by atoms with Crippen molar-refractivity contribution >= 4 is 28.5 Å². The maximum absolute atomic E-state index is 12.7. The Labute approximate surface area is 156 Å². The highest BCUT2D eigenvalue weighted by Gasteiger charge is 2.31. The number of H-pyrrole nitrogens is 1. The van der Waals surface area contributed by atoms with Gasteiger partial charge in [-0.15, -0.1) is 0 Å². The predicted octanol–water partition coefficient (Wildman–Crippen LogP) is 3.45. The third kappa shape index (κ3) is 3.16. The van der Waals surface area contributed by atoms with Crippen molar-refractivity contribution in [3.63, 3.8) is 0 Å². The number of carbonyl (C=O) groups excluding carboxylic acids is 1. The summed E-state index contributed by atoms with van der Waals surface area (Å²) in [6.07, 6.45) is 0.643. The Kier molecular flexibility index (Phi) is 4.57. The SMILES string of the molecule is O=C(NCc1ccc(Cl)cc1)N1Cc2[nH]c3ccccc3c2CC1CO. The molecule has 1 aliphatic rings. The van der Waals surface area contributed by atoms with Gasteiger partial charge in [0.2, 0.25) is 0 Å². The highest BCUT2D eigenvalue weighted by atomic mass is 35.5. The van der Waals surface area contributed by atoms with E-state index < -0.39 is 0 Å². The number of amides is 2. The molecule has 1 aromatic heterocycles. The van der Waals surface area contributed by atoms with Crippen molar-refractivity contribution in [3.8, 4) is 0 Å². The Hall–Kier alpha value is -2.50. The largest absolute Gasteiger partial charge is 0.394 e. The van der Waals surface area contributed by atoms with Gasteiger partial charge in [0.1, 0.15) is 0 Å². The maximum Gasteiger partial charge on any atom is 0.318 e. The normalized spacial score (nSPS) is 16.5. The van der Waals surface area contributed by atoms with Gasteiger partial charge in [-0.05, 0) is 35.7 Å². The summed E-state index contributed by atoms with van der Waals surface area (Å²) in [6.45, 7) is 0.819. The molecule has 3 N–H and O–H groups in total. The van der Waals surface area contributed by atoms with E-state index in [9.17, 15) is 9.90 Å². The van der Waals surface area contributed by atoms with Gasteiger partial charge in [-0.25, -0.2) is 4.79 Å². The fourth-order valence-electron chi connectivity index (χ4n) is 3.55. The van der Waals surface area contributed by atoms with Crippen LogP contribution in [0.15, 0.2) is 48.5 Å². The zero-order chi connectivity index (χ0) is 18.1. The summed E-state index contributed by atoms with van der Waals surface area (Å²) in [5, 5.41) is 14.6. The molecule has 2 aromatic carbocycles. The quantitative estimate of drug-likeness (QED) is 0.662. The van der Waals surface area contributed by atoms with Crippen LogP contribution in [0.4, 0.5) is 4.79 Å². The van der Waals surface area contributed by atoms with Crippen molar-refractivity contribution in [1.29, 1.82) is 0 Å². The lowest BCUT2D eigenvalue weighted by molar-refractivity contribution is 0.120. The first kappa shape index (κ1) is 16.9. The zero-order valence-corrected chi connectivity index (χ0v) is 15.0. The minimum absolute atomic E-state index is 0.0622. The first-order chi connectivity index (χ1) is 12.7. The Morgan fingerprint density at radius 3 is 2.77 bits per heavy atom. The molecule has 0 fully saturated rings. The average Bonchev–Trinajstić information content (AvgIpc) is 3.03. The molecule has 3 aromatic rings.